The summed E-state index contributed by atoms with van der Waals surface area (Å²) in [7, 11) is -4.41. The molecule has 6 nitrogen and oxygen atoms in total. The molecule has 0 bridgehead atoms. The van der Waals surface area contributed by atoms with Gasteiger partial charge in [-0.05, 0) is 12.1 Å². The van der Waals surface area contributed by atoms with Crippen LogP contribution in [0.4, 0.5) is 13.2 Å². The van der Waals surface area contributed by atoms with Crippen molar-refractivity contribution in [3.63, 3.8) is 0 Å². The van der Waals surface area contributed by atoms with E-state index in [1.54, 1.807) is 0 Å². The van der Waals surface area contributed by atoms with Gasteiger partial charge in [0.15, 0.2) is 5.82 Å². The Bertz CT molecular complexity index is 691. The molecule has 0 saturated heterocycles. The summed E-state index contributed by atoms with van der Waals surface area (Å²) in [4.78, 5) is 3.04. The van der Waals surface area contributed by atoms with Crippen molar-refractivity contribution in [3.05, 3.63) is 36.3 Å². The lowest BCUT2D eigenvalue weighted by atomic mass is 10.3. The molecule has 0 aliphatic carbocycles. The van der Waals surface area contributed by atoms with E-state index in [1.165, 1.54) is 0 Å². The van der Waals surface area contributed by atoms with Gasteiger partial charge in [0.2, 0.25) is 0 Å². The van der Waals surface area contributed by atoms with Crippen LogP contribution in [0.5, 0.6) is 0 Å². The van der Waals surface area contributed by atoms with Crippen LogP contribution in [0.25, 0.3) is 5.82 Å². The van der Waals surface area contributed by atoms with Gasteiger partial charge >= 0.3 is 6.18 Å². The lowest BCUT2D eigenvalue weighted by molar-refractivity contribution is -0.137. The second kappa shape index (κ2) is 4.31. The molecule has 0 fully saturated rings. The molecule has 0 aliphatic heterocycles. The second-order valence-electron chi connectivity index (χ2n) is 3.50. The maximum absolute atomic E-state index is 12.3. The lowest BCUT2D eigenvalue weighted by Crippen LogP contribution is -2.07. The van der Waals surface area contributed by atoms with Gasteiger partial charge < -0.3 is 0 Å². The average Bonchev–Trinajstić information content (AvgIpc) is 2.77. The minimum absolute atomic E-state index is 0.0112. The molecule has 2 aromatic rings. The molecule has 102 valence electrons. The Kier molecular flexibility index (Phi) is 3.06. The lowest BCUT2D eigenvalue weighted by Gasteiger charge is -2.06. The molecule has 0 spiro atoms. The fourth-order valence-electron chi connectivity index (χ4n) is 1.25. The predicted molar refractivity (Wildman–Crippen MR) is 56.2 cm³/mol. The highest BCUT2D eigenvalue weighted by atomic mass is 32.2. The van der Waals surface area contributed by atoms with Gasteiger partial charge in [0.25, 0.3) is 10.1 Å². The van der Waals surface area contributed by atoms with Gasteiger partial charge in [-0.25, -0.2) is 9.67 Å². The van der Waals surface area contributed by atoms with E-state index in [0.717, 1.165) is 29.2 Å². The van der Waals surface area contributed by atoms with Gasteiger partial charge in [-0.15, -0.1) is 0 Å². The fourth-order valence-corrected chi connectivity index (χ4v) is 1.67. The molecule has 2 rings (SSSR count). The molecule has 2 aromatic heterocycles. The van der Waals surface area contributed by atoms with E-state index in [-0.39, 0.29) is 5.82 Å². The zero-order valence-corrected chi connectivity index (χ0v) is 9.85. The van der Waals surface area contributed by atoms with E-state index in [0.29, 0.717) is 6.20 Å². The number of rotatable bonds is 2. The van der Waals surface area contributed by atoms with Crippen molar-refractivity contribution in [2.45, 2.75) is 11.1 Å². The Morgan fingerprint density at radius 2 is 1.89 bits per heavy atom. The molecule has 10 heteroatoms. The van der Waals surface area contributed by atoms with Crippen LogP contribution in [0.3, 0.4) is 0 Å². The van der Waals surface area contributed by atoms with E-state index in [2.05, 4.69) is 10.1 Å². The Hall–Kier alpha value is -1.94. The summed E-state index contributed by atoms with van der Waals surface area (Å²) in [6.07, 6.45) is -2.11. The summed E-state index contributed by atoms with van der Waals surface area (Å²) in [5.41, 5.74) is -0.932. The molecule has 0 saturated carbocycles. The van der Waals surface area contributed by atoms with Crippen molar-refractivity contribution in [1.82, 2.24) is 14.8 Å². The van der Waals surface area contributed by atoms with Crippen molar-refractivity contribution in [2.75, 3.05) is 0 Å². The maximum atomic E-state index is 12.3. The molecule has 2 heterocycles. The summed E-state index contributed by atoms with van der Waals surface area (Å²) in [6, 6.07) is 1.82. The number of nitrogens with zero attached hydrogens (tertiary/aromatic N) is 3. The van der Waals surface area contributed by atoms with Gasteiger partial charge in [-0.1, -0.05) is 0 Å². The number of hydrogen-bond acceptors (Lipinski definition) is 4. The first-order chi connectivity index (χ1) is 8.68. The first kappa shape index (κ1) is 13.5. The van der Waals surface area contributed by atoms with Crippen LogP contribution in [0.2, 0.25) is 0 Å². The molecule has 0 aromatic carbocycles. The van der Waals surface area contributed by atoms with E-state index in [1.807, 2.05) is 0 Å². The van der Waals surface area contributed by atoms with Crippen LogP contribution in [-0.2, 0) is 16.3 Å². The highest BCUT2D eigenvalue weighted by molar-refractivity contribution is 7.85. The summed E-state index contributed by atoms with van der Waals surface area (Å²) in [6.45, 7) is 0. The largest absolute Gasteiger partial charge is 0.417 e. The maximum Gasteiger partial charge on any atom is 0.417 e. The summed E-state index contributed by atoms with van der Waals surface area (Å²) >= 11 is 0. The molecule has 19 heavy (non-hydrogen) atoms. The minimum atomic E-state index is -4.50. The second-order valence-corrected chi connectivity index (χ2v) is 4.92. The molecular formula is C9H6F3N3O3S. The zero-order valence-electron chi connectivity index (χ0n) is 9.03. The van der Waals surface area contributed by atoms with Crippen LogP contribution in [0.1, 0.15) is 5.56 Å². The Labute approximate surface area is 105 Å². The highest BCUT2D eigenvalue weighted by Gasteiger charge is 2.30. The Morgan fingerprint density at radius 1 is 1.21 bits per heavy atom. The number of hydrogen-bond donors (Lipinski definition) is 1. The molecule has 1 N–H and O–H groups in total. The molecular weight excluding hydrogens is 287 g/mol. The van der Waals surface area contributed by atoms with Gasteiger partial charge in [-0.2, -0.15) is 26.7 Å². The van der Waals surface area contributed by atoms with Crippen LogP contribution < -0.4 is 0 Å². The molecule has 0 aliphatic rings. The monoisotopic (exact) mass is 293 g/mol. The SMILES string of the molecule is O=S(=O)(O)c1cnn(-c2ccc(C(F)(F)F)cn2)c1. The van der Waals surface area contributed by atoms with Crippen LogP contribution >= 0.6 is 0 Å². The highest BCUT2D eigenvalue weighted by Crippen LogP contribution is 2.28. The van der Waals surface area contributed by atoms with Gasteiger partial charge in [0.1, 0.15) is 4.90 Å². The fraction of sp³-hybridized carbons (Fsp3) is 0.111. The van der Waals surface area contributed by atoms with Crippen molar-refractivity contribution in [2.24, 2.45) is 0 Å². The first-order valence-electron chi connectivity index (χ1n) is 4.74. The standard InChI is InChI=1S/C9H6F3N3O3S/c10-9(11,12)6-1-2-8(13-3-6)15-5-7(4-14-15)19(16,17)18/h1-5H,(H,16,17,18). The minimum Gasteiger partial charge on any atom is -0.282 e. The van der Waals surface area contributed by atoms with Gasteiger partial charge in [0.05, 0.1) is 18.0 Å². The van der Waals surface area contributed by atoms with E-state index in [4.69, 9.17) is 4.55 Å². The van der Waals surface area contributed by atoms with Crippen molar-refractivity contribution in [3.8, 4) is 5.82 Å². The third kappa shape index (κ3) is 2.90. The summed E-state index contributed by atoms with van der Waals surface area (Å²) < 4.78 is 68.2. The van der Waals surface area contributed by atoms with Crippen molar-refractivity contribution >= 4 is 10.1 Å². The summed E-state index contributed by atoms with van der Waals surface area (Å²) in [5.74, 6) is -0.0112. The first-order valence-corrected chi connectivity index (χ1v) is 6.18. The normalized spacial score (nSPS) is 12.6. The van der Waals surface area contributed by atoms with Crippen LogP contribution in [0, 0.1) is 0 Å². The number of halogens is 3. The average molecular weight is 293 g/mol. The van der Waals surface area contributed by atoms with Crippen molar-refractivity contribution < 1.29 is 26.1 Å². The smallest absolute Gasteiger partial charge is 0.282 e. The number of alkyl halides is 3. The van der Waals surface area contributed by atoms with Crippen molar-refractivity contribution in [1.29, 1.82) is 0 Å². The molecule has 0 radical (unpaired) electrons. The van der Waals surface area contributed by atoms with E-state index in [9.17, 15) is 21.6 Å². The third-order valence-corrected chi connectivity index (χ3v) is 2.97. The Balaban J connectivity index is 2.36. The molecule has 0 amide bonds. The van der Waals surface area contributed by atoms with E-state index >= 15 is 0 Å². The molecule has 0 unspecified atom stereocenters. The summed E-state index contributed by atoms with van der Waals surface area (Å²) in [5, 5.41) is 3.58. The van der Waals surface area contributed by atoms with Gasteiger partial charge in [-0.3, -0.25) is 4.55 Å². The van der Waals surface area contributed by atoms with Crippen LogP contribution in [-0.4, -0.2) is 27.7 Å². The third-order valence-electron chi connectivity index (χ3n) is 2.17. The van der Waals surface area contributed by atoms with Gasteiger partial charge in [0, 0.05) is 6.20 Å². The zero-order chi connectivity index (χ0) is 14.3. The number of aromatic nitrogens is 3. The van der Waals surface area contributed by atoms with Crippen LogP contribution in [0.15, 0.2) is 35.6 Å². The topological polar surface area (TPSA) is 85.1 Å². The number of pyridine rings is 1. The molecule has 0 atom stereocenters. The quantitative estimate of drug-likeness (QED) is 0.849. The Morgan fingerprint density at radius 3 is 2.32 bits per heavy atom. The van der Waals surface area contributed by atoms with E-state index < -0.39 is 26.8 Å². The predicted octanol–water partition coefficient (Wildman–Crippen LogP) is 1.53.